The number of hydrogen-bond donors (Lipinski definition) is 2. The number of furan rings is 1. The molecule has 0 aliphatic carbocycles. The lowest BCUT2D eigenvalue weighted by Crippen LogP contribution is -2.20. The van der Waals surface area contributed by atoms with Crippen LogP contribution < -0.4 is 5.32 Å². The molecule has 2 rings (SSSR count). The van der Waals surface area contributed by atoms with Crippen LogP contribution in [0.15, 0.2) is 22.8 Å². The highest BCUT2D eigenvalue weighted by Crippen LogP contribution is 2.28. The first-order chi connectivity index (χ1) is 6.29. The van der Waals surface area contributed by atoms with E-state index >= 15 is 0 Å². The van der Waals surface area contributed by atoms with Crippen LogP contribution >= 0.6 is 0 Å². The topological polar surface area (TPSA) is 62.5 Å². The fourth-order valence-corrected chi connectivity index (χ4v) is 1.74. The van der Waals surface area contributed by atoms with Gasteiger partial charge in [0.2, 0.25) is 0 Å². The van der Waals surface area contributed by atoms with Crippen molar-refractivity contribution in [1.29, 1.82) is 0 Å². The predicted molar refractivity (Wildman–Crippen MR) is 45.4 cm³/mol. The third-order valence-electron chi connectivity index (χ3n) is 2.44. The van der Waals surface area contributed by atoms with Gasteiger partial charge in [-0.2, -0.15) is 0 Å². The summed E-state index contributed by atoms with van der Waals surface area (Å²) >= 11 is 0. The van der Waals surface area contributed by atoms with Crippen molar-refractivity contribution >= 4 is 5.97 Å². The summed E-state index contributed by atoms with van der Waals surface area (Å²) in [4.78, 5) is 10.8. The van der Waals surface area contributed by atoms with Gasteiger partial charge in [0.05, 0.1) is 12.2 Å². The van der Waals surface area contributed by atoms with Crippen molar-refractivity contribution in [3.05, 3.63) is 24.2 Å². The highest BCUT2D eigenvalue weighted by molar-refractivity contribution is 5.72. The van der Waals surface area contributed by atoms with Gasteiger partial charge in [-0.1, -0.05) is 0 Å². The van der Waals surface area contributed by atoms with Gasteiger partial charge in [-0.3, -0.25) is 4.79 Å². The Morgan fingerprint density at radius 3 is 3.08 bits per heavy atom. The van der Waals surface area contributed by atoms with E-state index < -0.39 is 5.97 Å². The normalized spacial score (nSPS) is 27.7. The summed E-state index contributed by atoms with van der Waals surface area (Å²) < 4.78 is 5.19. The summed E-state index contributed by atoms with van der Waals surface area (Å²) in [5.74, 6) is -0.373. The molecule has 0 radical (unpaired) electrons. The van der Waals surface area contributed by atoms with Crippen LogP contribution in [0.1, 0.15) is 11.7 Å². The molecule has 70 valence electrons. The van der Waals surface area contributed by atoms with Gasteiger partial charge in [0, 0.05) is 19.0 Å². The number of aliphatic carboxylic acids is 1. The molecule has 1 aliphatic rings. The molecule has 2 heterocycles. The number of carbonyl (C=O) groups is 1. The van der Waals surface area contributed by atoms with Crippen LogP contribution in [-0.4, -0.2) is 24.2 Å². The van der Waals surface area contributed by atoms with Crippen molar-refractivity contribution < 1.29 is 14.3 Å². The van der Waals surface area contributed by atoms with Crippen molar-refractivity contribution in [3.63, 3.8) is 0 Å². The Kier molecular flexibility index (Phi) is 2.06. The number of carboxylic acids is 1. The van der Waals surface area contributed by atoms with E-state index in [1.807, 2.05) is 6.07 Å². The average Bonchev–Trinajstić information content (AvgIpc) is 2.74. The van der Waals surface area contributed by atoms with E-state index in [0.717, 1.165) is 5.76 Å². The first-order valence-electron chi connectivity index (χ1n) is 4.26. The van der Waals surface area contributed by atoms with Gasteiger partial charge in [0.1, 0.15) is 5.76 Å². The maximum absolute atomic E-state index is 10.8. The zero-order valence-electron chi connectivity index (χ0n) is 7.06. The van der Waals surface area contributed by atoms with Crippen LogP contribution in [0.2, 0.25) is 0 Å². The van der Waals surface area contributed by atoms with Gasteiger partial charge in [-0.25, -0.2) is 0 Å². The number of nitrogens with one attached hydrogen (secondary N) is 1. The third-order valence-corrected chi connectivity index (χ3v) is 2.44. The fraction of sp³-hybridized carbons (Fsp3) is 0.444. The highest BCUT2D eigenvalue weighted by atomic mass is 16.4. The minimum Gasteiger partial charge on any atom is -0.481 e. The summed E-state index contributed by atoms with van der Waals surface area (Å²) in [6.45, 7) is 1.21. The van der Waals surface area contributed by atoms with Gasteiger partial charge in [0.25, 0.3) is 0 Å². The lowest BCUT2D eigenvalue weighted by Gasteiger charge is -2.10. The van der Waals surface area contributed by atoms with Crippen molar-refractivity contribution in [3.8, 4) is 0 Å². The standard InChI is InChI=1S/C9H11NO3/c11-9(12)7-5-10-4-6(7)8-2-1-3-13-8/h1-3,6-7,10H,4-5H2,(H,11,12)/t6-,7+/m0/s1. The van der Waals surface area contributed by atoms with Gasteiger partial charge in [0.15, 0.2) is 0 Å². The summed E-state index contributed by atoms with van der Waals surface area (Å²) in [6.07, 6.45) is 1.58. The molecule has 0 amide bonds. The van der Waals surface area contributed by atoms with Gasteiger partial charge in [-0.15, -0.1) is 0 Å². The van der Waals surface area contributed by atoms with Crippen LogP contribution in [-0.2, 0) is 4.79 Å². The summed E-state index contributed by atoms with van der Waals surface area (Å²) in [5.41, 5.74) is 0. The number of hydrogen-bond acceptors (Lipinski definition) is 3. The van der Waals surface area contributed by atoms with E-state index in [9.17, 15) is 4.79 Å². The van der Waals surface area contributed by atoms with Gasteiger partial charge in [-0.05, 0) is 12.1 Å². The van der Waals surface area contributed by atoms with E-state index in [1.54, 1.807) is 12.3 Å². The van der Waals surface area contributed by atoms with E-state index in [2.05, 4.69) is 5.32 Å². The molecule has 2 N–H and O–H groups in total. The molecule has 0 saturated carbocycles. The smallest absolute Gasteiger partial charge is 0.308 e. The zero-order chi connectivity index (χ0) is 9.26. The van der Waals surface area contributed by atoms with Gasteiger partial charge < -0.3 is 14.8 Å². The third kappa shape index (κ3) is 1.45. The molecule has 1 saturated heterocycles. The van der Waals surface area contributed by atoms with Crippen LogP contribution in [0.5, 0.6) is 0 Å². The molecule has 0 spiro atoms. The quantitative estimate of drug-likeness (QED) is 0.703. The average molecular weight is 181 g/mol. The fourth-order valence-electron chi connectivity index (χ4n) is 1.74. The molecule has 1 fully saturated rings. The predicted octanol–water partition coefficient (Wildman–Crippen LogP) is 0.667. The number of carboxylic acid groups (broad SMARTS) is 1. The minimum atomic E-state index is -0.758. The minimum absolute atomic E-state index is 0.0208. The molecule has 0 bridgehead atoms. The van der Waals surface area contributed by atoms with E-state index in [0.29, 0.717) is 13.1 Å². The lowest BCUT2D eigenvalue weighted by atomic mass is 9.94. The SMILES string of the molecule is O=C(O)[C@@H]1CNC[C@@H]1c1ccco1. The molecule has 1 aromatic heterocycles. The molecule has 4 nitrogen and oxygen atoms in total. The maximum atomic E-state index is 10.8. The molecule has 0 aromatic carbocycles. The Hall–Kier alpha value is -1.29. The van der Waals surface area contributed by atoms with E-state index in [1.165, 1.54) is 0 Å². The zero-order valence-corrected chi connectivity index (χ0v) is 7.06. The molecule has 4 heteroatoms. The monoisotopic (exact) mass is 181 g/mol. The number of rotatable bonds is 2. The molecule has 2 atom stereocenters. The Labute approximate surface area is 75.6 Å². The lowest BCUT2D eigenvalue weighted by molar-refractivity contribution is -0.141. The molecular weight excluding hydrogens is 170 g/mol. The molecule has 13 heavy (non-hydrogen) atoms. The Balaban J connectivity index is 2.19. The van der Waals surface area contributed by atoms with Crippen LogP contribution in [0.25, 0.3) is 0 Å². The Morgan fingerprint density at radius 2 is 2.46 bits per heavy atom. The van der Waals surface area contributed by atoms with E-state index in [-0.39, 0.29) is 11.8 Å². The maximum Gasteiger partial charge on any atom is 0.308 e. The summed E-state index contributed by atoms with van der Waals surface area (Å²) in [6, 6.07) is 3.61. The summed E-state index contributed by atoms with van der Waals surface area (Å²) in [5, 5.41) is 12.0. The largest absolute Gasteiger partial charge is 0.481 e. The van der Waals surface area contributed by atoms with Crippen LogP contribution in [0.3, 0.4) is 0 Å². The molecule has 1 aromatic rings. The molecular formula is C9H11NO3. The first-order valence-corrected chi connectivity index (χ1v) is 4.26. The van der Waals surface area contributed by atoms with E-state index in [4.69, 9.17) is 9.52 Å². The second kappa shape index (κ2) is 3.22. The highest BCUT2D eigenvalue weighted by Gasteiger charge is 2.35. The second-order valence-corrected chi connectivity index (χ2v) is 3.22. The Bertz CT molecular complexity index is 294. The van der Waals surface area contributed by atoms with Crippen molar-refractivity contribution in [2.75, 3.05) is 13.1 Å². The van der Waals surface area contributed by atoms with Crippen LogP contribution in [0, 0.1) is 5.92 Å². The summed E-state index contributed by atoms with van der Waals surface area (Å²) in [7, 11) is 0. The second-order valence-electron chi connectivity index (χ2n) is 3.22. The van der Waals surface area contributed by atoms with Gasteiger partial charge >= 0.3 is 5.97 Å². The van der Waals surface area contributed by atoms with Crippen molar-refractivity contribution in [2.45, 2.75) is 5.92 Å². The molecule has 1 aliphatic heterocycles. The van der Waals surface area contributed by atoms with Crippen LogP contribution in [0.4, 0.5) is 0 Å². The first kappa shape index (κ1) is 8.31. The van der Waals surface area contributed by atoms with Crippen molar-refractivity contribution in [2.24, 2.45) is 5.92 Å². The molecule has 0 unspecified atom stereocenters. The van der Waals surface area contributed by atoms with Crippen molar-refractivity contribution in [1.82, 2.24) is 5.32 Å². The Morgan fingerprint density at radius 1 is 1.62 bits per heavy atom.